The van der Waals surface area contributed by atoms with E-state index in [0.717, 1.165) is 0 Å². The number of carbonyl (C=O) groups is 2. The van der Waals surface area contributed by atoms with Crippen LogP contribution in [0.4, 0.5) is 17.5 Å². The number of halogens is 1. The molecule has 2 amide bonds. The third-order valence-corrected chi connectivity index (χ3v) is 8.45. The van der Waals surface area contributed by atoms with Gasteiger partial charge >= 0.3 is 0 Å². The van der Waals surface area contributed by atoms with Gasteiger partial charge in [0, 0.05) is 70.4 Å². The van der Waals surface area contributed by atoms with Crippen molar-refractivity contribution in [1.82, 2.24) is 24.8 Å². The molecule has 0 bridgehead atoms. The van der Waals surface area contributed by atoms with Crippen LogP contribution in [0.2, 0.25) is 5.02 Å². The third kappa shape index (κ3) is 10.4. The third-order valence-electron chi connectivity index (χ3n) is 8.17. The van der Waals surface area contributed by atoms with Crippen molar-refractivity contribution in [2.24, 2.45) is 18.7 Å². The molecule has 4 rings (SSSR count). The summed E-state index contributed by atoms with van der Waals surface area (Å²) >= 11 is 6.52. The minimum atomic E-state index is -0.409. The van der Waals surface area contributed by atoms with Gasteiger partial charge in [0.25, 0.3) is 11.5 Å². The summed E-state index contributed by atoms with van der Waals surface area (Å²) in [5.41, 5.74) is 6.10. The maximum atomic E-state index is 13.1. The molecule has 1 aliphatic rings. The van der Waals surface area contributed by atoms with Crippen molar-refractivity contribution in [3.8, 4) is 11.5 Å². The Kier molecular flexibility index (Phi) is 14.9. The summed E-state index contributed by atoms with van der Waals surface area (Å²) in [6, 6.07) is 5.10. The lowest BCUT2D eigenvalue weighted by Gasteiger charge is -2.33. The molecule has 3 aromatic rings. The van der Waals surface area contributed by atoms with E-state index in [-0.39, 0.29) is 30.1 Å². The van der Waals surface area contributed by atoms with Crippen molar-refractivity contribution in [3.63, 3.8) is 0 Å². The van der Waals surface area contributed by atoms with Crippen molar-refractivity contribution in [3.05, 3.63) is 39.8 Å². The molecule has 2 aromatic heterocycles. The van der Waals surface area contributed by atoms with Crippen LogP contribution in [-0.2, 0) is 30.8 Å². The minimum absolute atomic E-state index is 0.0220. The largest absolute Gasteiger partial charge is 0.494 e. The average molecular weight is 719 g/mol. The highest BCUT2D eigenvalue weighted by Gasteiger charge is 2.28. The fraction of sp³-hybridized carbons (Fsp3) is 0.545. The standard InChI is InChI=1S/C33H47ClN8O8/c1-36-28(43)21-50-27-18-23-17-24(19-26(46-4)29(23)41(3)32(27)45)38-30-25(34)20-37-33(39-30)42-8-5-22(6-9-42)31(44)40(2)10-12-48-14-16-49-15-13-47-11-7-35/h17-20,22H,5-16,21,35H2,1-4H3,(H,36,43)(H,37,38,39). The van der Waals surface area contributed by atoms with Gasteiger partial charge in [-0.25, -0.2) is 4.98 Å². The second-order valence-corrected chi connectivity index (χ2v) is 12.0. The molecule has 0 spiro atoms. The summed E-state index contributed by atoms with van der Waals surface area (Å²) in [5, 5.41) is 6.64. The van der Waals surface area contributed by atoms with E-state index < -0.39 is 5.56 Å². The number of aromatic nitrogens is 3. The quantitative estimate of drug-likeness (QED) is 0.152. The number of amides is 2. The number of pyridine rings is 1. The second-order valence-electron chi connectivity index (χ2n) is 11.6. The van der Waals surface area contributed by atoms with E-state index >= 15 is 0 Å². The number of carbonyl (C=O) groups excluding carboxylic acids is 2. The van der Waals surface area contributed by atoms with E-state index in [1.54, 1.807) is 37.2 Å². The van der Waals surface area contributed by atoms with E-state index in [2.05, 4.69) is 15.6 Å². The number of aryl methyl sites for hydroxylation is 1. The Balaban J connectivity index is 1.33. The first-order valence-corrected chi connectivity index (χ1v) is 16.8. The Bertz CT molecular complexity index is 1650. The van der Waals surface area contributed by atoms with Gasteiger partial charge in [0.1, 0.15) is 10.8 Å². The van der Waals surface area contributed by atoms with Gasteiger partial charge in [-0.3, -0.25) is 14.4 Å². The molecule has 4 N–H and O–H groups in total. The number of hydrogen-bond donors (Lipinski definition) is 3. The molecule has 1 aromatic carbocycles. The monoisotopic (exact) mass is 718 g/mol. The van der Waals surface area contributed by atoms with Gasteiger partial charge in [-0.05, 0) is 25.0 Å². The number of nitrogens with one attached hydrogen (secondary N) is 2. The fourth-order valence-electron chi connectivity index (χ4n) is 5.42. The van der Waals surface area contributed by atoms with Gasteiger partial charge in [0.05, 0.1) is 58.5 Å². The molecule has 3 heterocycles. The van der Waals surface area contributed by atoms with Crippen LogP contribution in [-0.4, -0.2) is 125 Å². The Morgan fingerprint density at radius 1 is 1.04 bits per heavy atom. The predicted octanol–water partition coefficient (Wildman–Crippen LogP) is 1.54. The number of benzene rings is 1. The van der Waals surface area contributed by atoms with E-state index in [1.807, 2.05) is 4.90 Å². The molecule has 1 aliphatic heterocycles. The number of likely N-dealkylation sites (N-methyl/N-ethyl adjacent to an activating group) is 2. The Labute approximate surface area is 296 Å². The normalized spacial score (nSPS) is 13.4. The molecule has 0 saturated carbocycles. The van der Waals surface area contributed by atoms with Crippen LogP contribution in [0.3, 0.4) is 0 Å². The first-order valence-electron chi connectivity index (χ1n) is 16.4. The number of fused-ring (bicyclic) bond motifs is 1. The van der Waals surface area contributed by atoms with Crippen molar-refractivity contribution >= 4 is 51.8 Å². The summed E-state index contributed by atoms with van der Waals surface area (Å²) in [6.07, 6.45) is 2.85. The summed E-state index contributed by atoms with van der Waals surface area (Å²) < 4.78 is 28.8. The maximum absolute atomic E-state index is 13.1. The van der Waals surface area contributed by atoms with Crippen molar-refractivity contribution in [2.75, 3.05) is 104 Å². The van der Waals surface area contributed by atoms with Gasteiger partial charge in [0.15, 0.2) is 18.2 Å². The first kappa shape index (κ1) is 38.6. The van der Waals surface area contributed by atoms with Crippen LogP contribution in [0.5, 0.6) is 11.5 Å². The first-order chi connectivity index (χ1) is 24.2. The van der Waals surface area contributed by atoms with Gasteiger partial charge in [-0.1, -0.05) is 11.6 Å². The van der Waals surface area contributed by atoms with Crippen LogP contribution in [0.1, 0.15) is 12.8 Å². The molecule has 50 heavy (non-hydrogen) atoms. The SMILES string of the molecule is CNC(=O)COc1cc2cc(Nc3nc(N4CCC(C(=O)N(C)CCOCCOCCOCCN)CC4)ncc3Cl)cc(OC)c2n(C)c1=O. The lowest BCUT2D eigenvalue weighted by Crippen LogP contribution is -2.42. The van der Waals surface area contributed by atoms with E-state index in [4.69, 9.17) is 46.0 Å². The van der Waals surface area contributed by atoms with E-state index in [9.17, 15) is 14.4 Å². The smallest absolute Gasteiger partial charge is 0.293 e. The van der Waals surface area contributed by atoms with Crippen LogP contribution in [0.15, 0.2) is 29.2 Å². The van der Waals surface area contributed by atoms with Crippen LogP contribution < -0.4 is 36.3 Å². The minimum Gasteiger partial charge on any atom is -0.494 e. The van der Waals surface area contributed by atoms with Gasteiger partial charge in [-0.2, -0.15) is 4.98 Å². The van der Waals surface area contributed by atoms with Crippen LogP contribution >= 0.6 is 11.6 Å². The zero-order valence-electron chi connectivity index (χ0n) is 29.0. The van der Waals surface area contributed by atoms with Gasteiger partial charge in [0.2, 0.25) is 11.9 Å². The number of nitrogens with two attached hydrogens (primary N) is 1. The molecule has 1 saturated heterocycles. The number of hydrogen-bond acceptors (Lipinski definition) is 13. The molecule has 0 atom stereocenters. The molecule has 274 valence electrons. The molecule has 0 radical (unpaired) electrons. The molecule has 0 aliphatic carbocycles. The zero-order valence-corrected chi connectivity index (χ0v) is 29.8. The number of rotatable bonds is 19. The average Bonchev–Trinajstić information content (AvgIpc) is 3.13. The Morgan fingerprint density at radius 3 is 2.38 bits per heavy atom. The van der Waals surface area contributed by atoms with Crippen molar-refractivity contribution in [2.45, 2.75) is 12.8 Å². The lowest BCUT2D eigenvalue weighted by molar-refractivity contribution is -0.135. The number of piperidine rings is 1. The molecular weight excluding hydrogens is 672 g/mol. The lowest BCUT2D eigenvalue weighted by atomic mass is 9.95. The van der Waals surface area contributed by atoms with Crippen molar-refractivity contribution < 1.29 is 33.3 Å². The maximum Gasteiger partial charge on any atom is 0.293 e. The molecule has 17 heteroatoms. The fourth-order valence-corrected chi connectivity index (χ4v) is 5.56. The summed E-state index contributed by atoms with van der Waals surface area (Å²) in [5.74, 6) is 0.937. The summed E-state index contributed by atoms with van der Waals surface area (Å²) in [4.78, 5) is 50.7. The predicted molar refractivity (Wildman–Crippen MR) is 190 cm³/mol. The van der Waals surface area contributed by atoms with Crippen LogP contribution in [0.25, 0.3) is 10.9 Å². The Hall–Kier alpha value is -4.22. The topological polar surface area (TPSA) is 185 Å². The number of methoxy groups -OCH3 is 1. The second kappa shape index (κ2) is 19.2. The highest BCUT2D eigenvalue weighted by Crippen LogP contribution is 2.34. The molecule has 0 unspecified atom stereocenters. The number of ether oxygens (including phenoxy) is 5. The highest BCUT2D eigenvalue weighted by molar-refractivity contribution is 6.33. The summed E-state index contributed by atoms with van der Waals surface area (Å²) in [6.45, 7) is 4.73. The molecular formula is C33H47ClN8O8. The van der Waals surface area contributed by atoms with E-state index in [1.165, 1.54) is 24.9 Å². The highest BCUT2D eigenvalue weighted by atomic mass is 35.5. The number of anilines is 3. The van der Waals surface area contributed by atoms with Gasteiger partial charge < -0.3 is 54.4 Å². The van der Waals surface area contributed by atoms with Gasteiger partial charge in [-0.15, -0.1) is 0 Å². The number of nitrogens with zero attached hydrogens (tertiary/aromatic N) is 5. The molecule has 1 fully saturated rings. The van der Waals surface area contributed by atoms with Crippen molar-refractivity contribution in [1.29, 1.82) is 0 Å². The zero-order chi connectivity index (χ0) is 36.0. The van der Waals surface area contributed by atoms with E-state index in [0.29, 0.717) is 118 Å². The Morgan fingerprint density at radius 2 is 1.72 bits per heavy atom. The molecule has 16 nitrogen and oxygen atoms in total. The van der Waals surface area contributed by atoms with Crippen LogP contribution in [0, 0.1) is 5.92 Å². The summed E-state index contributed by atoms with van der Waals surface area (Å²) in [7, 11) is 6.40.